The number of likely N-dealkylation sites (tertiary alicyclic amines) is 1. The lowest BCUT2D eigenvalue weighted by atomic mass is 9.81. The first-order chi connectivity index (χ1) is 9.69. The van der Waals surface area contributed by atoms with Crippen molar-refractivity contribution >= 4 is 17.5 Å². The number of carbonyl (C=O) groups excluding carboxylic acids is 2. The van der Waals surface area contributed by atoms with Crippen LogP contribution in [0.3, 0.4) is 0 Å². The number of benzene rings is 1. The Morgan fingerprint density at radius 2 is 1.86 bits per heavy atom. The summed E-state index contributed by atoms with van der Waals surface area (Å²) < 4.78 is 13.5. The van der Waals surface area contributed by atoms with Crippen molar-refractivity contribution in [3.8, 4) is 0 Å². The van der Waals surface area contributed by atoms with Crippen molar-refractivity contribution in [1.29, 1.82) is 0 Å². The lowest BCUT2D eigenvalue weighted by Crippen LogP contribution is -2.45. The van der Waals surface area contributed by atoms with E-state index in [1.807, 2.05) is 13.8 Å². The highest BCUT2D eigenvalue weighted by Gasteiger charge is 2.37. The van der Waals surface area contributed by atoms with E-state index in [1.54, 1.807) is 0 Å². The summed E-state index contributed by atoms with van der Waals surface area (Å²) in [5.74, 6) is -1.60. The number of imide groups is 1. The SMILES string of the molecule is CC1(C)CC(=O)N(Cc2ccc([N+](=O)[O-])c(F)c2)C(=O)C1. The molecule has 0 N–H and O–H groups in total. The molecule has 2 amide bonds. The third-order valence-corrected chi connectivity index (χ3v) is 3.41. The molecule has 1 fully saturated rings. The van der Waals surface area contributed by atoms with Gasteiger partial charge in [0.25, 0.3) is 0 Å². The van der Waals surface area contributed by atoms with Crippen LogP contribution in [-0.4, -0.2) is 21.6 Å². The second-order valence-corrected chi connectivity index (χ2v) is 5.93. The zero-order valence-electron chi connectivity index (χ0n) is 11.8. The molecule has 6 nitrogen and oxygen atoms in total. The average molecular weight is 294 g/mol. The van der Waals surface area contributed by atoms with Crippen LogP contribution in [0, 0.1) is 21.3 Å². The standard InChI is InChI=1S/C14H15FN2O4/c1-14(2)6-12(18)16(13(19)7-14)8-9-3-4-11(17(20)21)10(15)5-9/h3-5H,6-8H2,1-2H3. The van der Waals surface area contributed by atoms with Crippen LogP contribution < -0.4 is 0 Å². The quantitative estimate of drug-likeness (QED) is 0.487. The van der Waals surface area contributed by atoms with Crippen LogP contribution in [0.25, 0.3) is 0 Å². The summed E-state index contributed by atoms with van der Waals surface area (Å²) in [4.78, 5) is 34.8. The summed E-state index contributed by atoms with van der Waals surface area (Å²) in [5, 5.41) is 10.5. The Balaban J connectivity index is 2.19. The highest BCUT2D eigenvalue weighted by molar-refractivity contribution is 5.98. The molecule has 1 heterocycles. The Hall–Kier alpha value is -2.31. The molecule has 2 rings (SSSR count). The summed E-state index contributed by atoms with van der Waals surface area (Å²) in [6.07, 6.45) is 0.488. The zero-order chi connectivity index (χ0) is 15.8. The fraction of sp³-hybridized carbons (Fsp3) is 0.429. The number of hydrogen-bond donors (Lipinski definition) is 0. The minimum absolute atomic E-state index is 0.0668. The van der Waals surface area contributed by atoms with Gasteiger partial charge in [-0.25, -0.2) is 0 Å². The number of halogens is 1. The molecule has 1 saturated heterocycles. The molecule has 0 unspecified atom stereocenters. The van der Waals surface area contributed by atoms with Gasteiger partial charge in [-0.15, -0.1) is 0 Å². The van der Waals surface area contributed by atoms with E-state index in [4.69, 9.17) is 0 Å². The highest BCUT2D eigenvalue weighted by Crippen LogP contribution is 2.32. The van der Waals surface area contributed by atoms with E-state index in [1.165, 1.54) is 6.07 Å². The predicted octanol–water partition coefficient (Wildman–Crippen LogP) is 2.41. The minimum Gasteiger partial charge on any atom is -0.278 e. The summed E-state index contributed by atoms with van der Waals surface area (Å²) in [7, 11) is 0. The Morgan fingerprint density at radius 1 is 1.29 bits per heavy atom. The molecule has 0 aromatic heterocycles. The largest absolute Gasteiger partial charge is 0.304 e. The monoisotopic (exact) mass is 294 g/mol. The van der Waals surface area contributed by atoms with Crippen molar-refractivity contribution in [2.45, 2.75) is 33.2 Å². The molecule has 1 aliphatic rings. The van der Waals surface area contributed by atoms with E-state index in [2.05, 4.69) is 0 Å². The molecule has 0 radical (unpaired) electrons. The number of carbonyl (C=O) groups is 2. The fourth-order valence-electron chi connectivity index (χ4n) is 2.37. The lowest BCUT2D eigenvalue weighted by Gasteiger charge is -2.34. The average Bonchev–Trinajstić information content (AvgIpc) is 2.32. The second-order valence-electron chi connectivity index (χ2n) is 5.93. The van der Waals surface area contributed by atoms with E-state index < -0.39 is 16.4 Å². The Labute approximate surface area is 120 Å². The van der Waals surface area contributed by atoms with Crippen molar-refractivity contribution in [3.05, 3.63) is 39.7 Å². The van der Waals surface area contributed by atoms with Gasteiger partial charge in [-0.2, -0.15) is 4.39 Å². The Bertz CT molecular complexity index is 607. The number of nitro benzene ring substituents is 1. The van der Waals surface area contributed by atoms with Crippen molar-refractivity contribution in [2.24, 2.45) is 5.41 Å². The Kier molecular flexibility index (Phi) is 3.76. The molecule has 0 aliphatic carbocycles. The van der Waals surface area contributed by atoms with E-state index in [0.717, 1.165) is 17.0 Å². The van der Waals surface area contributed by atoms with Crippen LogP contribution in [0.5, 0.6) is 0 Å². The molecular weight excluding hydrogens is 279 g/mol. The van der Waals surface area contributed by atoms with Crippen molar-refractivity contribution in [1.82, 2.24) is 4.90 Å². The first-order valence-electron chi connectivity index (χ1n) is 6.46. The molecule has 112 valence electrons. The first-order valence-corrected chi connectivity index (χ1v) is 6.46. The number of hydrogen-bond acceptors (Lipinski definition) is 4. The molecule has 0 bridgehead atoms. The van der Waals surface area contributed by atoms with Gasteiger partial charge < -0.3 is 0 Å². The minimum atomic E-state index is -0.977. The first kappa shape index (κ1) is 15.1. The molecule has 1 aromatic rings. The van der Waals surface area contributed by atoms with Crippen molar-refractivity contribution in [3.63, 3.8) is 0 Å². The number of rotatable bonds is 3. The summed E-state index contributed by atoms with van der Waals surface area (Å²) >= 11 is 0. The molecule has 0 spiro atoms. The van der Waals surface area contributed by atoms with Crippen LogP contribution in [0.15, 0.2) is 18.2 Å². The number of nitrogens with zero attached hydrogens (tertiary/aromatic N) is 2. The van der Waals surface area contributed by atoms with E-state index >= 15 is 0 Å². The molecule has 0 saturated carbocycles. The molecule has 1 aliphatic heterocycles. The van der Waals surface area contributed by atoms with Gasteiger partial charge in [0.1, 0.15) is 0 Å². The second kappa shape index (κ2) is 5.23. The topological polar surface area (TPSA) is 80.5 Å². The molecular formula is C14H15FN2O4. The van der Waals surface area contributed by atoms with Crippen LogP contribution in [0.4, 0.5) is 10.1 Å². The summed E-state index contributed by atoms with van der Waals surface area (Å²) in [5.41, 5.74) is -0.651. The third-order valence-electron chi connectivity index (χ3n) is 3.41. The van der Waals surface area contributed by atoms with Gasteiger partial charge in [0, 0.05) is 18.9 Å². The van der Waals surface area contributed by atoms with E-state index in [-0.39, 0.29) is 36.6 Å². The van der Waals surface area contributed by atoms with E-state index in [0.29, 0.717) is 5.56 Å². The number of piperidine rings is 1. The summed E-state index contributed by atoms with van der Waals surface area (Å²) in [6, 6.07) is 3.37. The van der Waals surface area contributed by atoms with Crippen molar-refractivity contribution in [2.75, 3.05) is 0 Å². The fourth-order valence-corrected chi connectivity index (χ4v) is 2.37. The number of amides is 2. The molecule has 7 heteroatoms. The molecule has 1 aromatic carbocycles. The van der Waals surface area contributed by atoms with Crippen molar-refractivity contribution < 1.29 is 18.9 Å². The van der Waals surface area contributed by atoms with Gasteiger partial charge in [-0.05, 0) is 17.0 Å². The van der Waals surface area contributed by atoms with Gasteiger partial charge in [-0.3, -0.25) is 24.6 Å². The van der Waals surface area contributed by atoms with Crippen LogP contribution in [0.1, 0.15) is 32.3 Å². The van der Waals surface area contributed by atoms with Crippen LogP contribution in [-0.2, 0) is 16.1 Å². The molecule has 21 heavy (non-hydrogen) atoms. The normalized spacial score (nSPS) is 18.0. The Morgan fingerprint density at radius 3 is 2.33 bits per heavy atom. The third kappa shape index (κ3) is 3.24. The number of nitro groups is 1. The maximum atomic E-state index is 13.5. The lowest BCUT2D eigenvalue weighted by molar-refractivity contribution is -0.387. The zero-order valence-corrected chi connectivity index (χ0v) is 11.8. The van der Waals surface area contributed by atoms with E-state index in [9.17, 15) is 24.1 Å². The maximum absolute atomic E-state index is 13.5. The van der Waals surface area contributed by atoms with Gasteiger partial charge in [0.15, 0.2) is 0 Å². The smallest absolute Gasteiger partial charge is 0.278 e. The molecule has 0 atom stereocenters. The highest BCUT2D eigenvalue weighted by atomic mass is 19.1. The summed E-state index contributed by atoms with van der Waals surface area (Å²) in [6.45, 7) is 3.61. The van der Waals surface area contributed by atoms with Gasteiger partial charge in [0.05, 0.1) is 11.5 Å². The maximum Gasteiger partial charge on any atom is 0.304 e. The van der Waals surface area contributed by atoms with Gasteiger partial charge in [0.2, 0.25) is 17.6 Å². The predicted molar refractivity (Wildman–Crippen MR) is 71.6 cm³/mol. The van der Waals surface area contributed by atoms with Gasteiger partial charge >= 0.3 is 5.69 Å². The van der Waals surface area contributed by atoms with Crippen LogP contribution >= 0.6 is 0 Å². The van der Waals surface area contributed by atoms with Gasteiger partial charge in [-0.1, -0.05) is 19.9 Å². The van der Waals surface area contributed by atoms with Crippen LogP contribution in [0.2, 0.25) is 0 Å².